The number of ether oxygens (including phenoxy) is 1. The highest BCUT2D eigenvalue weighted by Crippen LogP contribution is 2.28. The molecular weight excluding hydrogens is 448 g/mol. The minimum absolute atomic E-state index is 0.396. The maximum Gasteiger partial charge on any atom is 0.119 e. The molecule has 6 nitrogen and oxygen atoms in total. The molecule has 1 aromatic heterocycles. The fraction of sp³-hybridized carbons (Fsp3) is 0.333. The SMILES string of the molecule is CC(O)CN1CCN=C(C(=C(N)c2ccncc2)c2ccc(OCc3ccc(C(C)C)cc3)cc2)C1. The molecule has 0 radical (unpaired) electrons. The van der Waals surface area contributed by atoms with Crippen molar-refractivity contribution < 1.29 is 9.84 Å². The first-order chi connectivity index (χ1) is 17.4. The zero-order valence-corrected chi connectivity index (χ0v) is 21.4. The molecule has 3 N–H and O–H groups in total. The highest BCUT2D eigenvalue weighted by molar-refractivity contribution is 6.31. The average molecular weight is 485 g/mol. The Hall–Kier alpha value is -3.48. The third-order valence-electron chi connectivity index (χ3n) is 6.36. The van der Waals surface area contributed by atoms with Crippen molar-refractivity contribution in [2.45, 2.75) is 39.4 Å². The van der Waals surface area contributed by atoms with Crippen LogP contribution in [0.25, 0.3) is 11.3 Å². The zero-order valence-electron chi connectivity index (χ0n) is 21.4. The highest BCUT2D eigenvalue weighted by Gasteiger charge is 2.22. The summed E-state index contributed by atoms with van der Waals surface area (Å²) in [7, 11) is 0. The van der Waals surface area contributed by atoms with Crippen molar-refractivity contribution in [3.63, 3.8) is 0 Å². The molecule has 2 heterocycles. The van der Waals surface area contributed by atoms with Gasteiger partial charge >= 0.3 is 0 Å². The molecule has 1 aliphatic heterocycles. The van der Waals surface area contributed by atoms with Gasteiger partial charge in [0.1, 0.15) is 12.4 Å². The summed E-state index contributed by atoms with van der Waals surface area (Å²) in [6.07, 6.45) is 3.09. The Kier molecular flexibility index (Phi) is 8.52. The van der Waals surface area contributed by atoms with Crippen LogP contribution in [0.3, 0.4) is 0 Å². The van der Waals surface area contributed by atoms with Gasteiger partial charge in [-0.1, -0.05) is 50.2 Å². The van der Waals surface area contributed by atoms with Gasteiger partial charge in [0.15, 0.2) is 0 Å². The minimum atomic E-state index is -0.396. The van der Waals surface area contributed by atoms with Crippen LogP contribution in [0.4, 0.5) is 0 Å². The maximum atomic E-state index is 9.90. The van der Waals surface area contributed by atoms with Gasteiger partial charge in [0.25, 0.3) is 0 Å². The van der Waals surface area contributed by atoms with E-state index < -0.39 is 6.10 Å². The second-order valence-corrected chi connectivity index (χ2v) is 9.65. The van der Waals surface area contributed by atoms with Gasteiger partial charge in [-0.25, -0.2) is 0 Å². The van der Waals surface area contributed by atoms with E-state index in [9.17, 15) is 5.11 Å². The zero-order chi connectivity index (χ0) is 25.5. The predicted octanol–water partition coefficient (Wildman–Crippen LogP) is 4.75. The van der Waals surface area contributed by atoms with Crippen molar-refractivity contribution in [2.75, 3.05) is 26.2 Å². The molecule has 0 spiro atoms. The van der Waals surface area contributed by atoms with Gasteiger partial charge in [-0.05, 0) is 53.8 Å². The number of aliphatic hydroxyl groups excluding tert-OH is 1. The lowest BCUT2D eigenvalue weighted by Crippen LogP contribution is -2.40. The van der Waals surface area contributed by atoms with Gasteiger partial charge in [-0.3, -0.25) is 14.9 Å². The number of benzene rings is 2. The standard InChI is InChI=1S/C30H36N4O2/c1-21(2)24-6-4-23(5-7-24)20-36-27-10-8-25(9-11-27)29(30(31)26-12-14-32-15-13-26)28-19-34(17-16-33-28)18-22(3)35/h4-15,21-22,35H,16-20,31H2,1-3H3. The van der Waals surface area contributed by atoms with Gasteiger partial charge in [-0.2, -0.15) is 0 Å². The Balaban J connectivity index is 1.56. The lowest BCUT2D eigenvalue weighted by atomic mass is 9.94. The first kappa shape index (κ1) is 25.6. The smallest absolute Gasteiger partial charge is 0.119 e. The number of aromatic nitrogens is 1. The number of β-amino-alcohol motifs (C(OH)–C–C–N with tert-alkyl or cyclic N) is 1. The van der Waals surface area contributed by atoms with E-state index in [0.29, 0.717) is 37.9 Å². The summed E-state index contributed by atoms with van der Waals surface area (Å²) in [5, 5.41) is 9.90. The molecule has 0 saturated heterocycles. The fourth-order valence-electron chi connectivity index (χ4n) is 4.39. The van der Waals surface area contributed by atoms with Crippen molar-refractivity contribution in [1.82, 2.24) is 9.88 Å². The van der Waals surface area contributed by atoms with Crippen LogP contribution >= 0.6 is 0 Å². The molecule has 0 bridgehead atoms. The van der Waals surface area contributed by atoms with Crippen molar-refractivity contribution in [3.8, 4) is 5.75 Å². The lowest BCUT2D eigenvalue weighted by molar-refractivity contribution is 0.136. The summed E-state index contributed by atoms with van der Waals surface area (Å²) in [5.41, 5.74) is 13.6. The van der Waals surface area contributed by atoms with E-state index in [-0.39, 0.29) is 0 Å². The monoisotopic (exact) mass is 484 g/mol. The first-order valence-electron chi connectivity index (χ1n) is 12.6. The molecule has 6 heteroatoms. The van der Waals surface area contributed by atoms with E-state index in [1.165, 1.54) is 5.56 Å². The van der Waals surface area contributed by atoms with E-state index in [0.717, 1.165) is 40.3 Å². The highest BCUT2D eigenvalue weighted by atomic mass is 16.5. The molecule has 188 valence electrons. The van der Waals surface area contributed by atoms with E-state index in [1.54, 1.807) is 12.4 Å². The molecule has 0 amide bonds. The number of aliphatic hydroxyl groups is 1. The second kappa shape index (κ2) is 12.0. The number of hydrogen-bond donors (Lipinski definition) is 2. The van der Waals surface area contributed by atoms with Crippen molar-refractivity contribution in [1.29, 1.82) is 0 Å². The van der Waals surface area contributed by atoms with Crippen LogP contribution in [0.15, 0.2) is 78.0 Å². The lowest BCUT2D eigenvalue weighted by Gasteiger charge is -2.29. The molecule has 1 aliphatic rings. The van der Waals surface area contributed by atoms with E-state index in [1.807, 2.05) is 43.3 Å². The predicted molar refractivity (Wildman–Crippen MR) is 147 cm³/mol. The summed E-state index contributed by atoms with van der Waals surface area (Å²) in [5.74, 6) is 1.32. The van der Waals surface area contributed by atoms with Gasteiger partial charge in [-0.15, -0.1) is 0 Å². The number of nitrogens with zero attached hydrogens (tertiary/aromatic N) is 3. The minimum Gasteiger partial charge on any atom is -0.489 e. The Labute approximate surface area is 214 Å². The topological polar surface area (TPSA) is 84.0 Å². The molecule has 36 heavy (non-hydrogen) atoms. The third kappa shape index (κ3) is 6.59. The summed E-state index contributed by atoms with van der Waals surface area (Å²) in [6.45, 7) is 9.45. The molecule has 0 aliphatic carbocycles. The summed E-state index contributed by atoms with van der Waals surface area (Å²) in [6, 6.07) is 20.4. The molecule has 4 rings (SSSR count). The van der Waals surface area contributed by atoms with Crippen LogP contribution < -0.4 is 10.5 Å². The average Bonchev–Trinajstić information content (AvgIpc) is 2.89. The van der Waals surface area contributed by atoms with Gasteiger partial charge in [0.2, 0.25) is 0 Å². The third-order valence-corrected chi connectivity index (χ3v) is 6.36. The maximum absolute atomic E-state index is 9.90. The van der Waals surface area contributed by atoms with Crippen LogP contribution in [0.2, 0.25) is 0 Å². The van der Waals surface area contributed by atoms with Crippen molar-refractivity contribution in [3.05, 3.63) is 95.3 Å². The number of rotatable bonds is 9. The van der Waals surface area contributed by atoms with Crippen LogP contribution in [-0.4, -0.2) is 53.0 Å². The number of nitrogens with two attached hydrogens (primary N) is 1. The molecule has 3 aromatic rings. The number of hydrogen-bond acceptors (Lipinski definition) is 6. The Bertz CT molecular complexity index is 1180. The van der Waals surface area contributed by atoms with E-state index >= 15 is 0 Å². The summed E-state index contributed by atoms with van der Waals surface area (Å²) in [4.78, 5) is 11.2. The van der Waals surface area contributed by atoms with Crippen LogP contribution in [-0.2, 0) is 6.61 Å². The molecule has 2 aromatic carbocycles. The van der Waals surface area contributed by atoms with Crippen molar-refractivity contribution in [2.24, 2.45) is 10.7 Å². The molecule has 1 unspecified atom stereocenters. The normalized spacial score (nSPS) is 15.9. The Morgan fingerprint density at radius 1 is 0.972 bits per heavy atom. The Morgan fingerprint density at radius 3 is 2.31 bits per heavy atom. The first-order valence-corrected chi connectivity index (χ1v) is 12.6. The van der Waals surface area contributed by atoms with E-state index in [4.69, 9.17) is 15.5 Å². The largest absolute Gasteiger partial charge is 0.489 e. The van der Waals surface area contributed by atoms with Gasteiger partial charge in [0.05, 0.1) is 18.4 Å². The van der Waals surface area contributed by atoms with Gasteiger partial charge < -0.3 is 15.6 Å². The number of aliphatic imine (C=N–C) groups is 1. The quantitative estimate of drug-likeness (QED) is 0.458. The number of pyridine rings is 1. The molecule has 0 saturated carbocycles. The van der Waals surface area contributed by atoms with Gasteiger partial charge in [0, 0.05) is 48.9 Å². The fourth-order valence-corrected chi connectivity index (χ4v) is 4.39. The van der Waals surface area contributed by atoms with Crippen molar-refractivity contribution >= 4 is 17.0 Å². The second-order valence-electron chi connectivity index (χ2n) is 9.65. The molecule has 1 atom stereocenters. The summed E-state index contributed by atoms with van der Waals surface area (Å²) < 4.78 is 6.06. The summed E-state index contributed by atoms with van der Waals surface area (Å²) >= 11 is 0. The van der Waals surface area contributed by atoms with Crippen LogP contribution in [0.5, 0.6) is 5.75 Å². The van der Waals surface area contributed by atoms with Crippen LogP contribution in [0.1, 0.15) is 48.9 Å². The molecular formula is C30H36N4O2. The molecule has 0 fully saturated rings. The van der Waals surface area contributed by atoms with E-state index in [2.05, 4.69) is 48.0 Å². The Morgan fingerprint density at radius 2 is 1.67 bits per heavy atom. The van der Waals surface area contributed by atoms with Crippen LogP contribution in [0, 0.1) is 0 Å².